The second-order valence-corrected chi connectivity index (χ2v) is 5.86. The molecule has 2 rings (SSSR count). The average Bonchev–Trinajstić information content (AvgIpc) is 2.79. The van der Waals surface area contributed by atoms with Gasteiger partial charge in [-0.3, -0.25) is 4.79 Å². The number of rotatable bonds is 5. The molecule has 114 valence electrons. The predicted octanol–water partition coefficient (Wildman–Crippen LogP) is 2.94. The summed E-state index contributed by atoms with van der Waals surface area (Å²) in [6, 6.07) is 9.20. The molecule has 1 aromatic heterocycles. The minimum Gasteiger partial charge on any atom is -0.320 e. The van der Waals surface area contributed by atoms with E-state index >= 15 is 0 Å². The molecule has 0 spiro atoms. The van der Waals surface area contributed by atoms with E-state index < -0.39 is 6.04 Å². The maximum Gasteiger partial charge on any atom is 0.243 e. The van der Waals surface area contributed by atoms with Crippen molar-refractivity contribution in [3.63, 3.8) is 0 Å². The second kappa shape index (κ2) is 8.12. The van der Waals surface area contributed by atoms with E-state index in [4.69, 9.17) is 5.73 Å². The molecule has 1 unspecified atom stereocenters. The Balaban J connectivity index is 0.00000220. The summed E-state index contributed by atoms with van der Waals surface area (Å²) in [6.45, 7) is 4.06. The molecule has 0 aliphatic heterocycles. The van der Waals surface area contributed by atoms with E-state index in [9.17, 15) is 4.79 Å². The second-order valence-electron chi connectivity index (χ2n) is 4.66. The number of nitrogens with two attached hydrogens (primary N) is 1. The Hall–Kier alpha value is -1.43. The Morgan fingerprint density at radius 3 is 2.62 bits per heavy atom. The first-order valence-corrected chi connectivity index (χ1v) is 7.48. The smallest absolute Gasteiger partial charge is 0.243 e. The number of amides is 1. The number of hydrogen-bond donors (Lipinski definition) is 2. The quantitative estimate of drug-likeness (QED) is 0.888. The number of aromatic nitrogens is 1. The number of carbonyl (C=O) groups is 1. The molecule has 0 aliphatic rings. The fourth-order valence-corrected chi connectivity index (χ4v) is 2.87. The van der Waals surface area contributed by atoms with Gasteiger partial charge in [-0.15, -0.1) is 23.7 Å². The maximum atomic E-state index is 12.1. The molecule has 0 fully saturated rings. The molecule has 1 atom stereocenters. The molecule has 6 heteroatoms. The van der Waals surface area contributed by atoms with Gasteiger partial charge >= 0.3 is 0 Å². The van der Waals surface area contributed by atoms with E-state index in [0.29, 0.717) is 11.6 Å². The van der Waals surface area contributed by atoms with Crippen molar-refractivity contribution in [1.29, 1.82) is 0 Å². The first kappa shape index (κ1) is 17.6. The van der Waals surface area contributed by atoms with Crippen molar-refractivity contribution in [2.75, 3.05) is 5.32 Å². The summed E-state index contributed by atoms with van der Waals surface area (Å²) in [4.78, 5) is 17.6. The number of aryl methyl sites for hydroxylation is 2. The summed E-state index contributed by atoms with van der Waals surface area (Å²) < 4.78 is 0. The summed E-state index contributed by atoms with van der Waals surface area (Å²) >= 11 is 1.49. The van der Waals surface area contributed by atoms with Crippen molar-refractivity contribution >= 4 is 34.8 Å². The Morgan fingerprint density at radius 2 is 2.05 bits per heavy atom. The summed E-state index contributed by atoms with van der Waals surface area (Å²) in [6.07, 6.45) is 1.39. The number of anilines is 1. The van der Waals surface area contributed by atoms with Crippen LogP contribution in [0.3, 0.4) is 0 Å². The fraction of sp³-hybridized carbons (Fsp3) is 0.333. The fourth-order valence-electron chi connectivity index (χ4n) is 1.97. The number of carbonyl (C=O) groups excluding carboxylic acids is 1. The highest BCUT2D eigenvalue weighted by Crippen LogP contribution is 2.22. The van der Waals surface area contributed by atoms with Crippen LogP contribution in [0.1, 0.15) is 23.1 Å². The lowest BCUT2D eigenvalue weighted by Gasteiger charge is -2.10. The van der Waals surface area contributed by atoms with E-state index in [1.807, 2.05) is 37.3 Å². The van der Waals surface area contributed by atoms with Crippen LogP contribution in [0.25, 0.3) is 0 Å². The molecular formula is C15H20ClN3OS. The molecule has 3 N–H and O–H groups in total. The van der Waals surface area contributed by atoms with E-state index in [0.717, 1.165) is 22.6 Å². The van der Waals surface area contributed by atoms with Gasteiger partial charge in [-0.1, -0.05) is 37.3 Å². The van der Waals surface area contributed by atoms with Crippen LogP contribution < -0.4 is 11.1 Å². The Labute approximate surface area is 135 Å². The van der Waals surface area contributed by atoms with Crippen molar-refractivity contribution in [2.45, 2.75) is 32.7 Å². The SMILES string of the molecule is CCc1nc(NC(=O)C(N)Cc2ccccc2)sc1C.Cl. The minimum absolute atomic E-state index is 0. The standard InChI is InChI=1S/C15H19N3OS.ClH/c1-3-13-10(2)20-15(17-13)18-14(19)12(16)9-11-7-5-4-6-8-11;/h4-8,12H,3,9,16H2,1-2H3,(H,17,18,19);1H. The van der Waals surface area contributed by atoms with Crippen molar-refractivity contribution in [2.24, 2.45) is 5.73 Å². The molecular weight excluding hydrogens is 306 g/mol. The van der Waals surface area contributed by atoms with Gasteiger partial charge in [0, 0.05) is 4.88 Å². The monoisotopic (exact) mass is 325 g/mol. The number of benzene rings is 1. The largest absolute Gasteiger partial charge is 0.320 e. The van der Waals surface area contributed by atoms with Crippen LogP contribution in [0.2, 0.25) is 0 Å². The number of nitrogens with one attached hydrogen (secondary N) is 1. The molecule has 1 aromatic carbocycles. The van der Waals surface area contributed by atoms with Gasteiger partial charge < -0.3 is 11.1 Å². The molecule has 0 saturated carbocycles. The molecule has 2 aromatic rings. The zero-order valence-electron chi connectivity index (χ0n) is 12.1. The molecule has 0 saturated heterocycles. The molecule has 0 aliphatic carbocycles. The highest BCUT2D eigenvalue weighted by atomic mass is 35.5. The van der Waals surface area contributed by atoms with Gasteiger partial charge in [0.2, 0.25) is 5.91 Å². The van der Waals surface area contributed by atoms with Crippen LogP contribution in [0.15, 0.2) is 30.3 Å². The first-order chi connectivity index (χ1) is 9.60. The third kappa shape index (κ3) is 4.81. The minimum atomic E-state index is -0.563. The van der Waals surface area contributed by atoms with Gasteiger partial charge in [0.15, 0.2) is 5.13 Å². The normalized spacial score (nSPS) is 11.6. The van der Waals surface area contributed by atoms with Gasteiger partial charge in [-0.05, 0) is 25.3 Å². The molecule has 1 amide bonds. The van der Waals surface area contributed by atoms with Crippen molar-refractivity contribution in [3.05, 3.63) is 46.5 Å². The van der Waals surface area contributed by atoms with Gasteiger partial charge in [-0.25, -0.2) is 4.98 Å². The van der Waals surface area contributed by atoms with Gasteiger partial charge in [0.05, 0.1) is 11.7 Å². The highest BCUT2D eigenvalue weighted by molar-refractivity contribution is 7.15. The van der Waals surface area contributed by atoms with Crippen LogP contribution in [0.4, 0.5) is 5.13 Å². The van der Waals surface area contributed by atoms with E-state index in [1.165, 1.54) is 11.3 Å². The zero-order chi connectivity index (χ0) is 14.5. The van der Waals surface area contributed by atoms with Crippen molar-refractivity contribution in [3.8, 4) is 0 Å². The highest BCUT2D eigenvalue weighted by Gasteiger charge is 2.16. The average molecular weight is 326 g/mol. The zero-order valence-corrected chi connectivity index (χ0v) is 13.8. The van der Waals surface area contributed by atoms with Crippen molar-refractivity contribution in [1.82, 2.24) is 4.98 Å². The lowest BCUT2D eigenvalue weighted by atomic mass is 10.1. The predicted molar refractivity (Wildman–Crippen MR) is 90.2 cm³/mol. The molecule has 21 heavy (non-hydrogen) atoms. The van der Waals surface area contributed by atoms with E-state index in [1.54, 1.807) is 0 Å². The summed E-state index contributed by atoms with van der Waals surface area (Å²) in [5, 5.41) is 3.43. The third-order valence-electron chi connectivity index (χ3n) is 3.09. The Kier molecular flexibility index (Phi) is 6.81. The number of thiazole rings is 1. The van der Waals surface area contributed by atoms with Gasteiger partial charge in [0.1, 0.15) is 0 Å². The van der Waals surface area contributed by atoms with E-state index in [-0.39, 0.29) is 18.3 Å². The Morgan fingerprint density at radius 1 is 1.38 bits per heavy atom. The lowest BCUT2D eigenvalue weighted by molar-refractivity contribution is -0.117. The van der Waals surface area contributed by atoms with E-state index in [2.05, 4.69) is 17.2 Å². The van der Waals surface area contributed by atoms with Crippen LogP contribution in [-0.2, 0) is 17.6 Å². The Bertz CT molecular complexity index is 586. The molecule has 4 nitrogen and oxygen atoms in total. The topological polar surface area (TPSA) is 68.0 Å². The van der Waals surface area contributed by atoms with Gasteiger partial charge in [0.25, 0.3) is 0 Å². The van der Waals surface area contributed by atoms with Crippen LogP contribution in [-0.4, -0.2) is 16.9 Å². The maximum absolute atomic E-state index is 12.1. The number of halogens is 1. The van der Waals surface area contributed by atoms with Crippen LogP contribution >= 0.6 is 23.7 Å². The molecule has 0 radical (unpaired) electrons. The molecule has 1 heterocycles. The van der Waals surface area contributed by atoms with Crippen molar-refractivity contribution < 1.29 is 4.79 Å². The number of hydrogen-bond acceptors (Lipinski definition) is 4. The van der Waals surface area contributed by atoms with Crippen LogP contribution in [0.5, 0.6) is 0 Å². The third-order valence-corrected chi connectivity index (χ3v) is 4.02. The summed E-state index contributed by atoms with van der Waals surface area (Å²) in [5.74, 6) is -0.190. The first-order valence-electron chi connectivity index (χ1n) is 6.66. The van der Waals surface area contributed by atoms with Crippen LogP contribution in [0, 0.1) is 6.92 Å². The van der Waals surface area contributed by atoms with Gasteiger partial charge in [-0.2, -0.15) is 0 Å². The summed E-state index contributed by atoms with van der Waals surface area (Å²) in [7, 11) is 0. The summed E-state index contributed by atoms with van der Waals surface area (Å²) in [5.41, 5.74) is 8.02. The lowest BCUT2D eigenvalue weighted by Crippen LogP contribution is -2.37. The number of nitrogens with zero attached hydrogens (tertiary/aromatic N) is 1. The molecule has 0 bridgehead atoms.